The topological polar surface area (TPSA) is 83.1 Å². The van der Waals surface area contributed by atoms with Crippen LogP contribution in [0.25, 0.3) is 5.76 Å². The third-order valence-corrected chi connectivity index (χ3v) is 5.30. The molecule has 2 aromatic carbocycles. The molecule has 0 aromatic heterocycles. The number of ether oxygens (including phenoxy) is 1. The summed E-state index contributed by atoms with van der Waals surface area (Å²) in [7, 11) is 4.04. The van der Waals surface area contributed by atoms with Crippen LogP contribution in [-0.4, -0.2) is 48.1 Å². The Morgan fingerprint density at radius 1 is 1.20 bits per heavy atom. The first kappa shape index (κ1) is 21.8. The van der Waals surface area contributed by atoms with Crippen LogP contribution < -0.4 is 15.9 Å². The molecule has 0 spiro atoms. The number of hydrogen-bond acceptors (Lipinski definition) is 5. The fourth-order valence-corrected chi connectivity index (χ4v) is 3.90. The van der Waals surface area contributed by atoms with E-state index in [0.29, 0.717) is 24.5 Å². The van der Waals surface area contributed by atoms with Crippen molar-refractivity contribution >= 4 is 28.8 Å². The first-order valence-electron chi connectivity index (χ1n) is 9.82. The fraction of sp³-hybridized carbons (Fsp3) is 0.304. The zero-order valence-electron chi connectivity index (χ0n) is 17.5. The number of benzene rings is 2. The summed E-state index contributed by atoms with van der Waals surface area (Å²) >= 11 is 4.91. The molecule has 2 aromatic rings. The molecule has 0 amide bonds. The maximum absolute atomic E-state index is 11.2. The highest BCUT2D eigenvalue weighted by molar-refractivity contribution is 7.80. The Morgan fingerprint density at radius 3 is 2.53 bits per heavy atom. The zero-order chi connectivity index (χ0) is 21.7. The van der Waals surface area contributed by atoms with E-state index in [4.69, 9.17) is 22.7 Å². The quantitative estimate of drug-likeness (QED) is 0.358. The average Bonchev–Trinajstić information content (AvgIpc) is 2.73. The highest BCUT2D eigenvalue weighted by atomic mass is 32.1. The molecule has 0 unspecified atom stereocenters. The molecule has 0 aliphatic carbocycles. The van der Waals surface area contributed by atoms with E-state index >= 15 is 0 Å². The monoisotopic (exact) mass is 424 g/mol. The molecular formula is C23H28N4O2S. The molecule has 2 atom stereocenters. The number of nitrogens with zero attached hydrogens (tertiary/aromatic N) is 2. The Bertz CT molecular complexity index is 957. The molecule has 0 bridgehead atoms. The maximum atomic E-state index is 11.2. The molecule has 0 saturated heterocycles. The number of hydrazone groups is 1. The van der Waals surface area contributed by atoms with Crippen molar-refractivity contribution in [1.29, 1.82) is 0 Å². The molecule has 3 rings (SSSR count). The molecule has 1 aliphatic heterocycles. The fourth-order valence-electron chi connectivity index (χ4n) is 3.86. The number of aliphatic hydroxyl groups excluding tert-OH is 1. The van der Waals surface area contributed by atoms with Gasteiger partial charge in [0, 0.05) is 29.7 Å². The largest absolute Gasteiger partial charge is 0.507 e. The smallest absolute Gasteiger partial charge is 0.184 e. The van der Waals surface area contributed by atoms with Gasteiger partial charge >= 0.3 is 0 Å². The second-order valence-electron chi connectivity index (χ2n) is 7.65. The third kappa shape index (κ3) is 4.98. The third-order valence-electron chi connectivity index (χ3n) is 5.21. The molecule has 6 nitrogen and oxygen atoms in total. The Morgan fingerprint density at radius 2 is 1.87 bits per heavy atom. The lowest BCUT2D eigenvalue weighted by Crippen LogP contribution is -2.36. The van der Waals surface area contributed by atoms with Crippen LogP contribution in [0.3, 0.4) is 0 Å². The van der Waals surface area contributed by atoms with Crippen molar-refractivity contribution in [2.45, 2.75) is 12.8 Å². The summed E-state index contributed by atoms with van der Waals surface area (Å²) in [4.78, 5) is 2.11. The van der Waals surface area contributed by atoms with Gasteiger partial charge in [-0.15, -0.1) is 0 Å². The molecule has 1 heterocycles. The predicted octanol–water partition coefficient (Wildman–Crippen LogP) is 3.52. The Hall–Kier alpha value is -2.90. The molecule has 0 fully saturated rings. The van der Waals surface area contributed by atoms with Crippen molar-refractivity contribution in [2.75, 3.05) is 27.2 Å². The van der Waals surface area contributed by atoms with Gasteiger partial charge in [0.2, 0.25) is 0 Å². The molecule has 158 valence electrons. The van der Waals surface area contributed by atoms with Crippen molar-refractivity contribution in [2.24, 2.45) is 16.8 Å². The summed E-state index contributed by atoms with van der Waals surface area (Å²) in [5.41, 5.74) is 11.7. The van der Waals surface area contributed by atoms with Crippen molar-refractivity contribution < 1.29 is 9.84 Å². The number of rotatable bonds is 7. The summed E-state index contributed by atoms with van der Waals surface area (Å²) in [6, 6.07) is 17.7. The molecule has 7 heteroatoms. The van der Waals surface area contributed by atoms with E-state index in [1.165, 1.54) is 0 Å². The maximum Gasteiger partial charge on any atom is 0.184 e. The molecule has 1 aliphatic rings. The summed E-state index contributed by atoms with van der Waals surface area (Å²) in [5.74, 6) is 0.772. The van der Waals surface area contributed by atoms with Crippen molar-refractivity contribution in [3.63, 3.8) is 0 Å². The number of fused-ring (bicyclic) bond motifs is 1. The standard InChI is InChI=1S/C23H28N4O2S/c1-15(25-26-23(24)30)18(13-27(2)3)21(16-9-5-4-6-10-16)19-14-29-20-12-8-7-11-17(20)22(19)28/h4-12,18,21,28H,13-14H2,1-3H3,(H3,24,26,30)/b25-15-/t18-,21+/m0/s1. The van der Waals surface area contributed by atoms with Gasteiger partial charge in [-0.25, -0.2) is 0 Å². The van der Waals surface area contributed by atoms with Crippen LogP contribution in [0.5, 0.6) is 5.75 Å². The van der Waals surface area contributed by atoms with Gasteiger partial charge in [-0.3, -0.25) is 5.43 Å². The molecule has 0 saturated carbocycles. The molecular weight excluding hydrogens is 396 g/mol. The Balaban J connectivity index is 2.14. The summed E-state index contributed by atoms with van der Waals surface area (Å²) in [6.07, 6.45) is 0. The van der Waals surface area contributed by atoms with Crippen LogP contribution in [-0.2, 0) is 0 Å². The number of aliphatic hydroxyl groups is 1. The van der Waals surface area contributed by atoms with Crippen LogP contribution in [0.15, 0.2) is 65.3 Å². The number of hydrogen-bond donors (Lipinski definition) is 3. The van der Waals surface area contributed by atoms with Gasteiger partial charge in [-0.05, 0) is 50.9 Å². The lowest BCUT2D eigenvalue weighted by molar-refractivity contribution is 0.301. The number of nitrogens with two attached hydrogens (primary N) is 1. The van der Waals surface area contributed by atoms with E-state index in [-0.39, 0.29) is 22.7 Å². The van der Waals surface area contributed by atoms with Gasteiger partial charge in [-0.1, -0.05) is 42.5 Å². The van der Waals surface area contributed by atoms with E-state index in [9.17, 15) is 5.11 Å². The minimum absolute atomic E-state index is 0.0461. The average molecular weight is 425 g/mol. The summed E-state index contributed by atoms with van der Waals surface area (Å²) < 4.78 is 6.01. The summed E-state index contributed by atoms with van der Waals surface area (Å²) in [6.45, 7) is 2.97. The van der Waals surface area contributed by atoms with Gasteiger partial charge in [-0.2, -0.15) is 5.10 Å². The van der Waals surface area contributed by atoms with Gasteiger partial charge in [0.05, 0.1) is 5.56 Å². The second-order valence-corrected chi connectivity index (χ2v) is 8.08. The van der Waals surface area contributed by atoms with Crippen LogP contribution >= 0.6 is 12.2 Å². The van der Waals surface area contributed by atoms with Crippen molar-refractivity contribution in [1.82, 2.24) is 10.3 Å². The Labute approximate surface area is 183 Å². The predicted molar refractivity (Wildman–Crippen MR) is 126 cm³/mol. The van der Waals surface area contributed by atoms with Gasteiger partial charge < -0.3 is 20.5 Å². The summed E-state index contributed by atoms with van der Waals surface area (Å²) in [5, 5.41) is 15.8. The highest BCUT2D eigenvalue weighted by Gasteiger charge is 2.34. The number of para-hydroxylation sites is 1. The second kappa shape index (κ2) is 9.73. The molecule has 30 heavy (non-hydrogen) atoms. The van der Waals surface area contributed by atoms with Gasteiger partial charge in [0.1, 0.15) is 18.1 Å². The minimum atomic E-state index is -0.140. The Kier molecular flexibility index (Phi) is 7.07. The van der Waals surface area contributed by atoms with Crippen LogP contribution in [0.4, 0.5) is 0 Å². The number of thiocarbonyl (C=S) groups is 1. The van der Waals surface area contributed by atoms with Gasteiger partial charge in [0.15, 0.2) is 5.11 Å². The van der Waals surface area contributed by atoms with Crippen LogP contribution in [0, 0.1) is 5.92 Å². The lowest BCUT2D eigenvalue weighted by Gasteiger charge is -2.34. The molecule has 0 radical (unpaired) electrons. The van der Waals surface area contributed by atoms with E-state index < -0.39 is 0 Å². The van der Waals surface area contributed by atoms with Crippen molar-refractivity contribution in [3.8, 4) is 5.75 Å². The van der Waals surface area contributed by atoms with E-state index in [0.717, 1.165) is 16.8 Å². The van der Waals surface area contributed by atoms with Crippen molar-refractivity contribution in [3.05, 3.63) is 71.3 Å². The SMILES string of the molecule is C/C(=N/NC(N)=S)[C@H](CN(C)C)[C@H](C1=C(O)c2ccccc2OC1)c1ccccc1. The first-order valence-corrected chi connectivity index (χ1v) is 10.2. The van der Waals surface area contributed by atoms with E-state index in [1.54, 1.807) is 0 Å². The van der Waals surface area contributed by atoms with E-state index in [1.807, 2.05) is 63.5 Å². The minimum Gasteiger partial charge on any atom is -0.507 e. The normalized spacial score (nSPS) is 15.9. The van der Waals surface area contributed by atoms with Crippen LogP contribution in [0.1, 0.15) is 24.0 Å². The zero-order valence-corrected chi connectivity index (χ0v) is 18.3. The molecule has 4 N–H and O–H groups in total. The first-order chi connectivity index (χ1) is 14.4. The van der Waals surface area contributed by atoms with Crippen LogP contribution in [0.2, 0.25) is 0 Å². The lowest BCUT2D eigenvalue weighted by atomic mass is 9.76. The van der Waals surface area contributed by atoms with E-state index in [2.05, 4.69) is 27.6 Å². The number of nitrogens with one attached hydrogen (secondary N) is 1. The van der Waals surface area contributed by atoms with Gasteiger partial charge in [0.25, 0.3) is 0 Å². The highest BCUT2D eigenvalue weighted by Crippen LogP contribution is 2.41.